The number of aromatic nitrogens is 1. The van der Waals surface area contributed by atoms with Gasteiger partial charge in [-0.1, -0.05) is 59.4 Å². The number of esters is 1. The highest BCUT2D eigenvalue weighted by Gasteiger charge is 2.33. The maximum atomic E-state index is 13.7. The van der Waals surface area contributed by atoms with E-state index in [0.29, 0.717) is 37.7 Å². The number of thiazole rings is 1. The number of hydrogen-bond acceptors (Lipinski definition) is 8. The predicted molar refractivity (Wildman–Crippen MR) is 140 cm³/mol. The van der Waals surface area contributed by atoms with Crippen LogP contribution in [-0.4, -0.2) is 23.1 Å². The number of hydrogen-bond donors (Lipinski definition) is 0. The maximum absolute atomic E-state index is 13.7. The highest BCUT2D eigenvalue weighted by molar-refractivity contribution is 7.07. The number of rotatable bonds is 6. The van der Waals surface area contributed by atoms with Crippen LogP contribution in [0, 0.1) is 6.92 Å². The highest BCUT2D eigenvalue weighted by Crippen LogP contribution is 2.31. The number of fused-ring (bicyclic) bond motifs is 1. The van der Waals surface area contributed by atoms with Crippen LogP contribution in [0.15, 0.2) is 86.1 Å². The summed E-state index contributed by atoms with van der Waals surface area (Å²) in [5.74, 6) is -0.925. The summed E-state index contributed by atoms with van der Waals surface area (Å²) >= 11 is 1.20. The van der Waals surface area contributed by atoms with Crippen LogP contribution in [0.3, 0.4) is 0 Å². The standard InChI is InChI=1S/C29H24N2O6S/c1-4-36-28(35)24-17(3)30-29-31(25(24)18-10-8-16(2)9-11-18)26(32)23(38-29)15-21-12-13-22(37-21)19-6-5-7-20(14-19)27(33)34/h5-15,25H,4H2,1-3H3,(H,33,34)/p-1/b23-15-/t25-/m1/s1. The van der Waals surface area contributed by atoms with Crippen molar-refractivity contribution in [2.24, 2.45) is 4.99 Å². The number of carboxylic acids is 1. The molecule has 1 aliphatic heterocycles. The lowest BCUT2D eigenvalue weighted by Crippen LogP contribution is -2.39. The van der Waals surface area contributed by atoms with Crippen molar-refractivity contribution in [3.63, 3.8) is 0 Å². The summed E-state index contributed by atoms with van der Waals surface area (Å²) < 4.78 is 13.1. The molecule has 0 aliphatic carbocycles. The average molecular weight is 528 g/mol. The SMILES string of the molecule is CCOC(=O)C1=C(C)N=c2s/c(=C\c3ccc(-c4cccc(C(=O)[O-])c4)o3)c(=O)n2[C@@H]1c1ccc(C)cc1. The van der Waals surface area contributed by atoms with E-state index in [1.165, 1.54) is 28.0 Å². The quantitative estimate of drug-likeness (QED) is 0.356. The first-order valence-corrected chi connectivity index (χ1v) is 12.8. The van der Waals surface area contributed by atoms with E-state index in [2.05, 4.69) is 4.99 Å². The maximum Gasteiger partial charge on any atom is 0.338 e. The smallest absolute Gasteiger partial charge is 0.338 e. The molecule has 9 heteroatoms. The average Bonchev–Trinajstić information content (AvgIpc) is 3.48. The number of allylic oxidation sites excluding steroid dienone is 1. The monoisotopic (exact) mass is 527 g/mol. The summed E-state index contributed by atoms with van der Waals surface area (Å²) in [7, 11) is 0. The van der Waals surface area contributed by atoms with Crippen molar-refractivity contribution in [1.29, 1.82) is 0 Å². The molecule has 1 atom stereocenters. The number of carbonyl (C=O) groups is 2. The molecule has 1 aliphatic rings. The predicted octanol–water partition coefficient (Wildman–Crippen LogP) is 2.73. The van der Waals surface area contributed by atoms with E-state index < -0.39 is 18.0 Å². The van der Waals surface area contributed by atoms with Gasteiger partial charge in [-0.05, 0) is 50.1 Å². The van der Waals surface area contributed by atoms with E-state index in [1.54, 1.807) is 44.2 Å². The molecule has 192 valence electrons. The summed E-state index contributed by atoms with van der Waals surface area (Å²) in [6.45, 7) is 5.64. The van der Waals surface area contributed by atoms with Gasteiger partial charge in [0.1, 0.15) is 11.5 Å². The summed E-state index contributed by atoms with van der Waals surface area (Å²) in [6, 6.07) is 16.6. The molecule has 2 aromatic carbocycles. The minimum Gasteiger partial charge on any atom is -0.545 e. The molecule has 0 saturated heterocycles. The Bertz CT molecular complexity index is 1770. The molecular weight excluding hydrogens is 504 g/mol. The van der Waals surface area contributed by atoms with Gasteiger partial charge in [-0.15, -0.1) is 0 Å². The lowest BCUT2D eigenvalue weighted by Gasteiger charge is -2.24. The Balaban J connectivity index is 1.61. The molecule has 0 N–H and O–H groups in total. The van der Waals surface area contributed by atoms with Crippen molar-refractivity contribution in [2.45, 2.75) is 26.8 Å². The molecule has 0 unspecified atom stereocenters. The molecule has 0 bridgehead atoms. The number of ether oxygens (including phenoxy) is 1. The molecule has 5 rings (SSSR count). The lowest BCUT2D eigenvalue weighted by molar-refractivity contribution is -0.255. The summed E-state index contributed by atoms with van der Waals surface area (Å²) in [5, 5.41) is 11.2. The van der Waals surface area contributed by atoms with Gasteiger partial charge in [-0.2, -0.15) is 0 Å². The lowest BCUT2D eigenvalue weighted by atomic mass is 9.95. The number of carbonyl (C=O) groups excluding carboxylic acids is 2. The zero-order valence-electron chi connectivity index (χ0n) is 20.9. The van der Waals surface area contributed by atoms with Crippen molar-refractivity contribution in [2.75, 3.05) is 6.61 Å². The van der Waals surface area contributed by atoms with Crippen LogP contribution in [-0.2, 0) is 9.53 Å². The van der Waals surface area contributed by atoms with Crippen LogP contribution in [0.4, 0.5) is 0 Å². The van der Waals surface area contributed by atoms with Crippen LogP contribution in [0.5, 0.6) is 0 Å². The van der Waals surface area contributed by atoms with Crippen molar-refractivity contribution >= 4 is 29.4 Å². The molecule has 2 aromatic heterocycles. The summed E-state index contributed by atoms with van der Waals surface area (Å²) in [5.41, 5.74) is 2.94. The van der Waals surface area contributed by atoms with E-state index in [-0.39, 0.29) is 17.7 Å². The van der Waals surface area contributed by atoms with Crippen molar-refractivity contribution in [3.8, 4) is 11.3 Å². The van der Waals surface area contributed by atoms with E-state index >= 15 is 0 Å². The van der Waals surface area contributed by atoms with Gasteiger partial charge in [0.2, 0.25) is 0 Å². The molecular formula is C29H23N2O6S-. The molecule has 3 heterocycles. The first-order chi connectivity index (χ1) is 18.3. The van der Waals surface area contributed by atoms with Crippen molar-refractivity contribution in [1.82, 2.24) is 4.57 Å². The Morgan fingerprint density at radius 3 is 2.61 bits per heavy atom. The second-order valence-electron chi connectivity index (χ2n) is 8.78. The number of benzene rings is 2. The largest absolute Gasteiger partial charge is 0.545 e. The van der Waals surface area contributed by atoms with Gasteiger partial charge in [0, 0.05) is 11.6 Å². The number of aromatic carboxylic acids is 1. The van der Waals surface area contributed by atoms with Gasteiger partial charge in [0.05, 0.1) is 34.4 Å². The first kappa shape index (κ1) is 25.2. The molecule has 0 fully saturated rings. The van der Waals surface area contributed by atoms with Gasteiger partial charge in [-0.3, -0.25) is 9.36 Å². The fourth-order valence-corrected chi connectivity index (χ4v) is 5.40. The van der Waals surface area contributed by atoms with Crippen LogP contribution in [0.1, 0.15) is 47.1 Å². The molecule has 0 saturated carbocycles. The van der Waals surface area contributed by atoms with Crippen LogP contribution < -0.4 is 20.0 Å². The van der Waals surface area contributed by atoms with E-state index in [1.807, 2.05) is 31.2 Å². The Morgan fingerprint density at radius 1 is 1.13 bits per heavy atom. The number of furan rings is 1. The third-order valence-electron chi connectivity index (χ3n) is 6.19. The molecule has 0 amide bonds. The van der Waals surface area contributed by atoms with Gasteiger partial charge in [-0.25, -0.2) is 9.79 Å². The fraction of sp³-hybridized carbons (Fsp3) is 0.172. The zero-order valence-corrected chi connectivity index (χ0v) is 21.7. The van der Waals surface area contributed by atoms with Crippen molar-refractivity contribution < 1.29 is 23.8 Å². The van der Waals surface area contributed by atoms with Crippen LogP contribution in [0.25, 0.3) is 17.4 Å². The van der Waals surface area contributed by atoms with Crippen LogP contribution >= 0.6 is 11.3 Å². The normalized spacial score (nSPS) is 15.2. The van der Waals surface area contributed by atoms with E-state index in [4.69, 9.17) is 9.15 Å². The number of nitrogens with zero attached hydrogens (tertiary/aromatic N) is 2. The Morgan fingerprint density at radius 2 is 1.89 bits per heavy atom. The Kier molecular flexibility index (Phi) is 6.69. The van der Waals surface area contributed by atoms with Gasteiger partial charge in [0.25, 0.3) is 5.56 Å². The van der Waals surface area contributed by atoms with Gasteiger partial charge in [0.15, 0.2) is 4.80 Å². The van der Waals surface area contributed by atoms with E-state index in [9.17, 15) is 19.5 Å². The molecule has 0 radical (unpaired) electrons. The number of aryl methyl sites for hydroxylation is 1. The summed E-state index contributed by atoms with van der Waals surface area (Å²) in [6.07, 6.45) is 1.62. The third kappa shape index (κ3) is 4.64. The minimum atomic E-state index is -1.28. The first-order valence-electron chi connectivity index (χ1n) is 11.9. The number of carboxylic acid groups (broad SMARTS) is 1. The third-order valence-corrected chi connectivity index (χ3v) is 7.18. The van der Waals surface area contributed by atoms with Gasteiger partial charge >= 0.3 is 5.97 Å². The Labute approximate surface area is 221 Å². The van der Waals surface area contributed by atoms with E-state index in [0.717, 1.165) is 11.1 Å². The summed E-state index contributed by atoms with van der Waals surface area (Å²) in [4.78, 5) is 42.9. The topological polar surface area (TPSA) is 114 Å². The molecule has 8 nitrogen and oxygen atoms in total. The Hall–Kier alpha value is -4.50. The minimum absolute atomic E-state index is 0.0395. The molecule has 38 heavy (non-hydrogen) atoms. The second-order valence-corrected chi connectivity index (χ2v) is 9.79. The molecule has 4 aromatic rings. The van der Waals surface area contributed by atoms with Crippen LogP contribution in [0.2, 0.25) is 0 Å². The highest BCUT2D eigenvalue weighted by atomic mass is 32.1. The molecule has 0 spiro atoms. The fourth-order valence-electron chi connectivity index (χ4n) is 4.37. The zero-order chi connectivity index (χ0) is 27.0. The second kappa shape index (κ2) is 10.1. The van der Waals surface area contributed by atoms with Gasteiger partial charge < -0.3 is 19.1 Å². The van der Waals surface area contributed by atoms with Crippen molar-refractivity contribution in [3.05, 3.63) is 114 Å².